The van der Waals surface area contributed by atoms with E-state index < -0.39 is 0 Å². The summed E-state index contributed by atoms with van der Waals surface area (Å²) in [5, 5.41) is 8.56. The number of aromatic nitrogens is 7. The highest BCUT2D eigenvalue weighted by Crippen LogP contribution is 2.43. The summed E-state index contributed by atoms with van der Waals surface area (Å²) in [7, 11) is 0. The van der Waals surface area contributed by atoms with Crippen LogP contribution in [0.15, 0.2) is 49.2 Å². The predicted octanol–water partition coefficient (Wildman–Crippen LogP) is 3.87. The zero-order valence-electron chi connectivity index (χ0n) is 17.1. The van der Waals surface area contributed by atoms with Crippen molar-refractivity contribution in [1.82, 2.24) is 34.3 Å². The molecule has 4 heterocycles. The summed E-state index contributed by atoms with van der Waals surface area (Å²) in [6, 6.07) is 6.85. The maximum Gasteiger partial charge on any atom is 0.237 e. The Bertz CT molecular complexity index is 1240. The van der Waals surface area contributed by atoms with E-state index in [0.717, 1.165) is 42.2 Å². The molecular formula is C22H21FN8. The Morgan fingerprint density at radius 1 is 1.10 bits per heavy atom. The molecule has 0 spiro atoms. The maximum absolute atomic E-state index is 13.4. The summed E-state index contributed by atoms with van der Waals surface area (Å²) in [6.45, 7) is 2.17. The molecule has 1 aliphatic heterocycles. The number of benzene rings is 1. The molecule has 156 valence electrons. The lowest BCUT2D eigenvalue weighted by Gasteiger charge is -2.45. The fourth-order valence-electron chi connectivity index (χ4n) is 4.51. The van der Waals surface area contributed by atoms with Gasteiger partial charge in [0.2, 0.25) is 5.95 Å². The molecule has 0 saturated heterocycles. The van der Waals surface area contributed by atoms with Crippen molar-refractivity contribution in [3.05, 3.63) is 60.8 Å². The number of halogens is 1. The van der Waals surface area contributed by atoms with Crippen LogP contribution in [0.25, 0.3) is 23.0 Å². The minimum absolute atomic E-state index is 0.127. The summed E-state index contributed by atoms with van der Waals surface area (Å²) in [6.07, 6.45) is 11.5. The molecule has 1 aromatic carbocycles. The summed E-state index contributed by atoms with van der Waals surface area (Å²) in [4.78, 5) is 16.5. The van der Waals surface area contributed by atoms with E-state index in [1.165, 1.54) is 18.6 Å². The molecule has 0 bridgehead atoms. The first-order chi connectivity index (χ1) is 15.2. The molecule has 1 aliphatic carbocycles. The van der Waals surface area contributed by atoms with Crippen LogP contribution in [0.1, 0.15) is 44.5 Å². The van der Waals surface area contributed by atoms with Crippen LogP contribution in [0.2, 0.25) is 0 Å². The smallest absolute Gasteiger partial charge is 0.237 e. The second-order valence-corrected chi connectivity index (χ2v) is 7.98. The minimum atomic E-state index is -0.279. The van der Waals surface area contributed by atoms with Crippen molar-refractivity contribution >= 4 is 5.82 Å². The van der Waals surface area contributed by atoms with E-state index in [1.807, 2.05) is 21.5 Å². The first kappa shape index (κ1) is 18.2. The fraction of sp³-hybridized carbons (Fsp3) is 0.318. The Hall–Kier alpha value is -3.62. The lowest BCUT2D eigenvalue weighted by molar-refractivity contribution is 0.341. The normalized spacial score (nSPS) is 17.9. The van der Waals surface area contributed by atoms with Gasteiger partial charge in [0.05, 0.1) is 12.2 Å². The molecule has 1 fully saturated rings. The standard InChI is InChI=1S/C22H21FN8/c1-2-17-21-28-26-13-30(21)18-12-25-22(27-20(18)31(17)16-4-3-5-16)29-11-10-24-19(29)14-6-8-15(23)9-7-14/h6-13,16-17H,2-5H2,1H3/t17-/m1/s1. The van der Waals surface area contributed by atoms with Crippen LogP contribution in [-0.4, -0.2) is 40.3 Å². The zero-order chi connectivity index (χ0) is 20.9. The molecule has 1 saturated carbocycles. The highest BCUT2D eigenvalue weighted by molar-refractivity contribution is 5.64. The van der Waals surface area contributed by atoms with Gasteiger partial charge in [-0.2, -0.15) is 4.98 Å². The van der Waals surface area contributed by atoms with Gasteiger partial charge >= 0.3 is 0 Å². The van der Waals surface area contributed by atoms with E-state index in [-0.39, 0.29) is 11.9 Å². The predicted molar refractivity (Wildman–Crippen MR) is 113 cm³/mol. The average Bonchev–Trinajstić information content (AvgIpc) is 3.43. The summed E-state index contributed by atoms with van der Waals surface area (Å²) in [5.41, 5.74) is 1.69. The van der Waals surface area contributed by atoms with Gasteiger partial charge in [0.15, 0.2) is 11.6 Å². The first-order valence-electron chi connectivity index (χ1n) is 10.6. The molecule has 3 aromatic heterocycles. The van der Waals surface area contributed by atoms with Crippen molar-refractivity contribution in [3.63, 3.8) is 0 Å². The third kappa shape index (κ3) is 2.76. The summed E-state index contributed by atoms with van der Waals surface area (Å²) < 4.78 is 17.2. The van der Waals surface area contributed by atoms with E-state index >= 15 is 0 Å². The molecule has 31 heavy (non-hydrogen) atoms. The molecule has 1 atom stereocenters. The monoisotopic (exact) mass is 416 g/mol. The molecule has 2 aliphatic rings. The van der Waals surface area contributed by atoms with Crippen LogP contribution >= 0.6 is 0 Å². The van der Waals surface area contributed by atoms with E-state index in [0.29, 0.717) is 17.8 Å². The van der Waals surface area contributed by atoms with Crippen molar-refractivity contribution in [2.45, 2.75) is 44.7 Å². The highest BCUT2D eigenvalue weighted by atomic mass is 19.1. The summed E-state index contributed by atoms with van der Waals surface area (Å²) >= 11 is 0. The van der Waals surface area contributed by atoms with Crippen molar-refractivity contribution < 1.29 is 4.39 Å². The molecular weight excluding hydrogens is 395 g/mol. The zero-order valence-corrected chi connectivity index (χ0v) is 17.1. The number of hydrogen-bond donors (Lipinski definition) is 0. The third-order valence-electron chi connectivity index (χ3n) is 6.26. The van der Waals surface area contributed by atoms with Gasteiger partial charge < -0.3 is 4.90 Å². The Kier molecular flexibility index (Phi) is 4.09. The van der Waals surface area contributed by atoms with E-state index in [1.54, 1.807) is 24.7 Å². The second kappa shape index (κ2) is 6.97. The Morgan fingerprint density at radius 3 is 2.68 bits per heavy atom. The van der Waals surface area contributed by atoms with Crippen LogP contribution < -0.4 is 4.90 Å². The molecule has 4 aromatic rings. The molecule has 9 heteroatoms. The van der Waals surface area contributed by atoms with Crippen molar-refractivity contribution in [2.24, 2.45) is 0 Å². The lowest BCUT2D eigenvalue weighted by atomic mass is 9.89. The number of rotatable bonds is 4. The number of hydrogen-bond acceptors (Lipinski definition) is 6. The fourth-order valence-corrected chi connectivity index (χ4v) is 4.51. The molecule has 8 nitrogen and oxygen atoms in total. The van der Waals surface area contributed by atoms with Gasteiger partial charge in [-0.25, -0.2) is 14.4 Å². The van der Waals surface area contributed by atoms with Crippen LogP contribution in [0.4, 0.5) is 10.2 Å². The van der Waals surface area contributed by atoms with Gasteiger partial charge in [0, 0.05) is 24.0 Å². The molecule has 0 N–H and O–H groups in total. The summed E-state index contributed by atoms with van der Waals surface area (Å²) in [5.74, 6) is 2.76. The second-order valence-electron chi connectivity index (χ2n) is 7.98. The van der Waals surface area contributed by atoms with Gasteiger partial charge in [-0.15, -0.1) is 10.2 Å². The van der Waals surface area contributed by atoms with Crippen LogP contribution in [0.3, 0.4) is 0 Å². The SMILES string of the molecule is CC[C@@H]1c2nncn2-c2cnc(-n3ccnc3-c3ccc(F)cc3)nc2N1C1CCC1. The Morgan fingerprint density at radius 2 is 1.94 bits per heavy atom. The number of anilines is 1. The van der Waals surface area contributed by atoms with E-state index in [2.05, 4.69) is 32.0 Å². The van der Waals surface area contributed by atoms with E-state index in [4.69, 9.17) is 4.98 Å². The highest BCUT2D eigenvalue weighted by Gasteiger charge is 2.39. The Balaban J connectivity index is 1.50. The largest absolute Gasteiger partial charge is 0.341 e. The van der Waals surface area contributed by atoms with Crippen molar-refractivity contribution in [3.8, 4) is 23.0 Å². The van der Waals surface area contributed by atoms with Crippen molar-refractivity contribution in [1.29, 1.82) is 0 Å². The molecule has 0 unspecified atom stereocenters. The van der Waals surface area contributed by atoms with Crippen molar-refractivity contribution in [2.75, 3.05) is 4.90 Å². The maximum atomic E-state index is 13.4. The lowest BCUT2D eigenvalue weighted by Crippen LogP contribution is -2.46. The quantitative estimate of drug-likeness (QED) is 0.503. The average molecular weight is 416 g/mol. The van der Waals surface area contributed by atoms with Gasteiger partial charge in [-0.1, -0.05) is 6.92 Å². The third-order valence-corrected chi connectivity index (χ3v) is 6.26. The Labute approximate surface area is 178 Å². The number of nitrogens with zero attached hydrogens (tertiary/aromatic N) is 8. The number of imidazole rings is 1. The van der Waals surface area contributed by atoms with Crippen LogP contribution in [0.5, 0.6) is 0 Å². The molecule has 0 amide bonds. The molecule has 6 rings (SSSR count). The molecule has 0 radical (unpaired) electrons. The first-order valence-corrected chi connectivity index (χ1v) is 10.6. The van der Waals surface area contributed by atoms with Crippen LogP contribution in [-0.2, 0) is 0 Å². The van der Waals surface area contributed by atoms with E-state index in [9.17, 15) is 4.39 Å². The number of fused-ring (bicyclic) bond motifs is 3. The van der Waals surface area contributed by atoms with Gasteiger partial charge in [-0.05, 0) is 49.9 Å². The minimum Gasteiger partial charge on any atom is -0.341 e. The van der Waals surface area contributed by atoms with Crippen LogP contribution in [0, 0.1) is 5.82 Å². The van der Waals surface area contributed by atoms with Gasteiger partial charge in [0.25, 0.3) is 0 Å². The van der Waals surface area contributed by atoms with Gasteiger partial charge in [0.1, 0.15) is 23.7 Å². The van der Waals surface area contributed by atoms with Gasteiger partial charge in [-0.3, -0.25) is 9.13 Å². The topological polar surface area (TPSA) is 77.5 Å².